The van der Waals surface area contributed by atoms with Crippen LogP contribution in [0.4, 0.5) is 0 Å². The van der Waals surface area contributed by atoms with Gasteiger partial charge < -0.3 is 29.5 Å². The second-order valence-electron chi connectivity index (χ2n) is 13.6. The zero-order valence-corrected chi connectivity index (χ0v) is 21.6. The Morgan fingerprint density at radius 1 is 1.03 bits per heavy atom. The molecule has 10 unspecified atom stereocenters. The molecule has 0 aromatic heterocycles. The summed E-state index contributed by atoms with van der Waals surface area (Å²) in [5.41, 5.74) is -3.47. The van der Waals surface area contributed by atoms with Crippen LogP contribution in [0, 0.1) is 46.3 Å². The van der Waals surface area contributed by atoms with Crippen molar-refractivity contribution in [3.05, 3.63) is 12.2 Å². The molecule has 8 heteroatoms. The minimum absolute atomic E-state index is 0.0299. The normalized spacial score (nSPS) is 64.8. The van der Waals surface area contributed by atoms with Crippen LogP contribution >= 0.6 is 0 Å². The summed E-state index contributed by atoms with van der Waals surface area (Å²) in [6.45, 7) is 9.47. The second kappa shape index (κ2) is 6.63. The summed E-state index contributed by atoms with van der Waals surface area (Å²) in [4.78, 5) is 25.9. The topological polar surface area (TPSA) is 126 Å². The molecule has 6 fully saturated rings. The average molecular weight is 503 g/mol. The molecule has 3 saturated heterocycles. The van der Waals surface area contributed by atoms with Crippen LogP contribution in [0.2, 0.25) is 0 Å². The van der Waals surface area contributed by atoms with Crippen molar-refractivity contribution in [1.82, 2.24) is 0 Å². The van der Waals surface area contributed by atoms with Gasteiger partial charge in [-0.05, 0) is 74.9 Å². The molecule has 0 bridgehead atoms. The van der Waals surface area contributed by atoms with Crippen LogP contribution in [0.3, 0.4) is 0 Å². The van der Waals surface area contributed by atoms with Gasteiger partial charge in [-0.2, -0.15) is 0 Å². The van der Waals surface area contributed by atoms with E-state index in [0.29, 0.717) is 6.42 Å². The summed E-state index contributed by atoms with van der Waals surface area (Å²) in [5, 5.41) is 34.4. The zero-order chi connectivity index (χ0) is 25.8. The Morgan fingerprint density at radius 3 is 2.42 bits per heavy atom. The highest BCUT2D eigenvalue weighted by molar-refractivity contribution is 5.98. The highest BCUT2D eigenvalue weighted by Gasteiger charge is 2.82. The maximum absolute atomic E-state index is 13.4. The van der Waals surface area contributed by atoms with Crippen molar-refractivity contribution in [2.24, 2.45) is 46.3 Å². The quantitative estimate of drug-likeness (QED) is 0.338. The lowest BCUT2D eigenvalue weighted by Crippen LogP contribution is -2.71. The number of esters is 1. The number of epoxide rings is 1. The first-order valence-electron chi connectivity index (χ1n) is 13.7. The SMILES string of the molecule is CC1[C@@H](C)C(=O)OC12OC1CC3C4C[C@H]5OC56C(O)C=CC(=O)[C@]6(C)C4CC[C@]3(C)C1C(C)(O)[C@@H]2O. The number of aliphatic hydroxyl groups is 3. The zero-order valence-electron chi connectivity index (χ0n) is 21.6. The predicted octanol–water partition coefficient (Wildman–Crippen LogP) is 1.74. The molecular weight excluding hydrogens is 464 g/mol. The minimum Gasteiger partial charge on any atom is -0.429 e. The Balaban J connectivity index is 1.28. The smallest absolute Gasteiger partial charge is 0.311 e. The number of aliphatic hydroxyl groups excluding tert-OH is 2. The van der Waals surface area contributed by atoms with Gasteiger partial charge >= 0.3 is 5.97 Å². The molecule has 36 heavy (non-hydrogen) atoms. The number of fused-ring (bicyclic) bond motifs is 6. The van der Waals surface area contributed by atoms with Gasteiger partial charge in [-0.3, -0.25) is 9.59 Å². The van der Waals surface area contributed by atoms with Gasteiger partial charge in [0.2, 0.25) is 5.79 Å². The van der Waals surface area contributed by atoms with Crippen molar-refractivity contribution >= 4 is 11.8 Å². The van der Waals surface area contributed by atoms with E-state index < -0.39 is 52.4 Å². The monoisotopic (exact) mass is 502 g/mol. The van der Waals surface area contributed by atoms with E-state index in [0.717, 1.165) is 19.3 Å². The van der Waals surface area contributed by atoms with Crippen LogP contribution in [0.5, 0.6) is 0 Å². The average Bonchev–Trinajstić information content (AvgIpc) is 3.42. The van der Waals surface area contributed by atoms with Gasteiger partial charge in [-0.15, -0.1) is 0 Å². The summed E-state index contributed by atoms with van der Waals surface area (Å²) in [7, 11) is 0. The Morgan fingerprint density at radius 2 is 1.75 bits per heavy atom. The van der Waals surface area contributed by atoms with Crippen LogP contribution in [0.1, 0.15) is 60.3 Å². The molecule has 0 radical (unpaired) electrons. The first-order valence-corrected chi connectivity index (χ1v) is 13.7. The van der Waals surface area contributed by atoms with E-state index in [1.165, 1.54) is 6.08 Å². The molecule has 0 amide bonds. The van der Waals surface area contributed by atoms with Crippen LogP contribution < -0.4 is 0 Å². The van der Waals surface area contributed by atoms with Crippen LogP contribution in [0.25, 0.3) is 0 Å². The van der Waals surface area contributed by atoms with Crippen molar-refractivity contribution < 1.29 is 39.1 Å². The van der Waals surface area contributed by atoms with Gasteiger partial charge in [-0.25, -0.2) is 0 Å². The standard InChI is InChI=1S/C28H38O8/c1-12-13(2)28(36-22(12)31)23(32)26(5,33)21-17(34-28)11-16-14-10-20-27(35-20)19(30)7-6-18(29)25(27,4)15(14)8-9-24(16,21)3/h6-7,12-17,19-21,23,30,32-33H,8-11H2,1-5H3/t12-,13?,14?,15?,16?,17?,19?,20-,21?,23+,24+,25+,26?,27?,28?/m1/s1. The molecule has 3 aliphatic heterocycles. The first kappa shape index (κ1) is 23.8. The van der Waals surface area contributed by atoms with Crippen molar-refractivity contribution in [2.45, 2.75) is 102 Å². The summed E-state index contributed by atoms with van der Waals surface area (Å²) in [5.74, 6) is -2.78. The van der Waals surface area contributed by atoms with E-state index in [2.05, 4.69) is 6.92 Å². The van der Waals surface area contributed by atoms with Crippen molar-refractivity contribution in [1.29, 1.82) is 0 Å². The third kappa shape index (κ3) is 2.29. The second-order valence-corrected chi connectivity index (χ2v) is 13.6. The number of carbonyl (C=O) groups excluding carboxylic acids is 2. The lowest BCUT2D eigenvalue weighted by Gasteiger charge is -2.60. The molecular formula is C28H38O8. The fourth-order valence-corrected chi connectivity index (χ4v) is 10.5. The maximum atomic E-state index is 13.4. The molecule has 15 atom stereocenters. The molecule has 4 aliphatic carbocycles. The van der Waals surface area contributed by atoms with E-state index in [-0.39, 0.29) is 47.1 Å². The fraction of sp³-hybridized carbons (Fsp3) is 0.857. The lowest BCUT2D eigenvalue weighted by atomic mass is 9.44. The van der Waals surface area contributed by atoms with Crippen LogP contribution in [-0.2, 0) is 23.8 Å². The Hall–Kier alpha value is -1.32. The van der Waals surface area contributed by atoms with E-state index in [4.69, 9.17) is 14.2 Å². The fourth-order valence-electron chi connectivity index (χ4n) is 10.5. The van der Waals surface area contributed by atoms with Crippen LogP contribution in [0.15, 0.2) is 12.2 Å². The predicted molar refractivity (Wildman–Crippen MR) is 125 cm³/mol. The first-order chi connectivity index (χ1) is 16.8. The van der Waals surface area contributed by atoms with Crippen molar-refractivity contribution in [3.63, 3.8) is 0 Å². The van der Waals surface area contributed by atoms with Crippen molar-refractivity contribution in [3.8, 4) is 0 Å². The molecule has 3 N–H and O–H groups in total. The molecule has 7 aliphatic rings. The molecule has 3 saturated carbocycles. The molecule has 2 spiro atoms. The summed E-state index contributed by atoms with van der Waals surface area (Å²) in [6.07, 6.45) is 3.37. The Labute approximate surface area is 211 Å². The molecule has 8 nitrogen and oxygen atoms in total. The Bertz CT molecular complexity index is 1090. The number of hydrogen-bond acceptors (Lipinski definition) is 8. The van der Waals surface area contributed by atoms with Gasteiger partial charge in [0.05, 0.1) is 23.5 Å². The largest absolute Gasteiger partial charge is 0.429 e. The summed E-state index contributed by atoms with van der Waals surface area (Å²) in [6, 6.07) is 0. The molecule has 0 aromatic rings. The lowest BCUT2D eigenvalue weighted by molar-refractivity contribution is -0.368. The highest BCUT2D eigenvalue weighted by atomic mass is 16.7. The third-order valence-electron chi connectivity index (χ3n) is 12.5. The molecule has 7 rings (SSSR count). The molecule has 198 valence electrons. The number of hydrogen-bond donors (Lipinski definition) is 3. The van der Waals surface area contributed by atoms with E-state index >= 15 is 0 Å². The van der Waals surface area contributed by atoms with Gasteiger partial charge in [0.1, 0.15) is 23.4 Å². The maximum Gasteiger partial charge on any atom is 0.311 e. The number of carbonyl (C=O) groups is 2. The van der Waals surface area contributed by atoms with Gasteiger partial charge in [0.15, 0.2) is 5.78 Å². The minimum atomic E-state index is -1.56. The number of ether oxygens (including phenoxy) is 3. The Kier molecular flexibility index (Phi) is 4.38. The number of ketones is 1. The highest BCUT2D eigenvalue weighted by Crippen LogP contribution is 2.74. The van der Waals surface area contributed by atoms with E-state index in [1.807, 2.05) is 13.8 Å². The summed E-state index contributed by atoms with van der Waals surface area (Å²) >= 11 is 0. The van der Waals surface area contributed by atoms with Crippen LogP contribution in [-0.4, -0.2) is 68.5 Å². The molecule has 3 heterocycles. The van der Waals surface area contributed by atoms with Gasteiger partial charge in [0.25, 0.3) is 0 Å². The van der Waals surface area contributed by atoms with E-state index in [9.17, 15) is 24.9 Å². The third-order valence-corrected chi connectivity index (χ3v) is 12.5. The van der Waals surface area contributed by atoms with Gasteiger partial charge in [0, 0.05) is 11.8 Å². The van der Waals surface area contributed by atoms with Crippen molar-refractivity contribution in [2.75, 3.05) is 0 Å². The number of rotatable bonds is 0. The molecule has 0 aromatic carbocycles. The summed E-state index contributed by atoms with van der Waals surface area (Å²) < 4.78 is 18.5. The van der Waals surface area contributed by atoms with E-state index in [1.54, 1.807) is 19.9 Å². The number of allylic oxidation sites excluding steroid dienone is 1. The van der Waals surface area contributed by atoms with Gasteiger partial charge in [-0.1, -0.05) is 20.8 Å².